The predicted octanol–water partition coefficient (Wildman–Crippen LogP) is 1.54. The van der Waals surface area contributed by atoms with Crippen LogP contribution in [0.4, 0.5) is 0 Å². The van der Waals surface area contributed by atoms with Crippen molar-refractivity contribution in [2.75, 3.05) is 20.6 Å². The standard InChI is InChI=1S/C17H26N6O2S.HI/c1-5-18-17(20-13-15-10-11-21-23(15)4)19-12-14-6-8-16(9-7-14)26(24,25)22(2)3;/h6-11H,5,12-13H2,1-4H3,(H2,18,19,20);1H. The molecule has 2 rings (SSSR count). The number of nitrogens with zero attached hydrogens (tertiary/aromatic N) is 4. The summed E-state index contributed by atoms with van der Waals surface area (Å²) in [6.45, 7) is 3.81. The van der Waals surface area contributed by atoms with E-state index in [0.717, 1.165) is 17.8 Å². The zero-order valence-electron chi connectivity index (χ0n) is 16.0. The van der Waals surface area contributed by atoms with E-state index in [1.807, 2.05) is 20.0 Å². The number of aliphatic imine (C=N–C) groups is 1. The fourth-order valence-electron chi connectivity index (χ4n) is 2.24. The van der Waals surface area contributed by atoms with Gasteiger partial charge in [0.25, 0.3) is 0 Å². The molecule has 2 aromatic rings. The van der Waals surface area contributed by atoms with Gasteiger partial charge in [-0.2, -0.15) is 5.10 Å². The van der Waals surface area contributed by atoms with Crippen LogP contribution in [0.15, 0.2) is 46.4 Å². The van der Waals surface area contributed by atoms with Crippen LogP contribution in [0, 0.1) is 0 Å². The maximum atomic E-state index is 12.1. The van der Waals surface area contributed by atoms with Crippen LogP contribution < -0.4 is 10.6 Å². The van der Waals surface area contributed by atoms with E-state index in [1.165, 1.54) is 18.4 Å². The fraction of sp³-hybridized carbons (Fsp3) is 0.412. The van der Waals surface area contributed by atoms with E-state index in [0.29, 0.717) is 19.0 Å². The van der Waals surface area contributed by atoms with Gasteiger partial charge in [0, 0.05) is 33.9 Å². The van der Waals surface area contributed by atoms with Gasteiger partial charge in [-0.05, 0) is 30.7 Å². The topological polar surface area (TPSA) is 91.6 Å². The zero-order chi connectivity index (χ0) is 19.2. The normalized spacial score (nSPS) is 12.0. The minimum absolute atomic E-state index is 0. The van der Waals surface area contributed by atoms with Crippen molar-refractivity contribution in [3.05, 3.63) is 47.8 Å². The quantitative estimate of drug-likeness (QED) is 0.338. The molecule has 0 aliphatic heterocycles. The molecule has 0 saturated heterocycles. The van der Waals surface area contributed by atoms with Crippen molar-refractivity contribution in [2.45, 2.75) is 24.9 Å². The number of benzene rings is 1. The van der Waals surface area contributed by atoms with Crippen molar-refractivity contribution < 1.29 is 8.42 Å². The van der Waals surface area contributed by atoms with Crippen molar-refractivity contribution in [1.82, 2.24) is 24.7 Å². The second kappa shape index (κ2) is 10.6. The molecule has 0 fully saturated rings. The van der Waals surface area contributed by atoms with Gasteiger partial charge in [0.2, 0.25) is 10.0 Å². The Morgan fingerprint density at radius 1 is 1.19 bits per heavy atom. The lowest BCUT2D eigenvalue weighted by atomic mass is 10.2. The molecule has 0 spiro atoms. The van der Waals surface area contributed by atoms with Crippen LogP contribution in [0.25, 0.3) is 0 Å². The summed E-state index contributed by atoms with van der Waals surface area (Å²) in [6, 6.07) is 8.72. The monoisotopic (exact) mass is 506 g/mol. The summed E-state index contributed by atoms with van der Waals surface area (Å²) in [4.78, 5) is 4.82. The number of aryl methyl sites for hydroxylation is 1. The van der Waals surface area contributed by atoms with Gasteiger partial charge in [-0.1, -0.05) is 12.1 Å². The fourth-order valence-corrected chi connectivity index (χ4v) is 3.14. The van der Waals surface area contributed by atoms with Crippen molar-refractivity contribution in [3.8, 4) is 0 Å². The highest BCUT2D eigenvalue weighted by molar-refractivity contribution is 14.0. The van der Waals surface area contributed by atoms with Gasteiger partial charge in [-0.15, -0.1) is 24.0 Å². The smallest absolute Gasteiger partial charge is 0.242 e. The zero-order valence-corrected chi connectivity index (χ0v) is 19.2. The molecule has 0 radical (unpaired) electrons. The van der Waals surface area contributed by atoms with Crippen LogP contribution in [0.3, 0.4) is 0 Å². The van der Waals surface area contributed by atoms with E-state index < -0.39 is 10.0 Å². The van der Waals surface area contributed by atoms with Crippen LogP contribution in [0.5, 0.6) is 0 Å². The lowest BCUT2D eigenvalue weighted by Crippen LogP contribution is -2.37. The molecule has 0 atom stereocenters. The van der Waals surface area contributed by atoms with Crippen molar-refractivity contribution >= 4 is 40.0 Å². The Morgan fingerprint density at radius 2 is 1.85 bits per heavy atom. The van der Waals surface area contributed by atoms with Gasteiger partial charge in [-0.25, -0.2) is 17.7 Å². The van der Waals surface area contributed by atoms with Crippen LogP contribution in [-0.2, 0) is 30.2 Å². The van der Waals surface area contributed by atoms with Gasteiger partial charge < -0.3 is 10.6 Å². The number of aromatic nitrogens is 2. The Balaban J connectivity index is 0.00000364. The van der Waals surface area contributed by atoms with E-state index in [4.69, 9.17) is 0 Å². The Morgan fingerprint density at radius 3 is 2.37 bits per heavy atom. The lowest BCUT2D eigenvalue weighted by Gasteiger charge is -2.12. The van der Waals surface area contributed by atoms with Crippen LogP contribution in [-0.4, -0.2) is 49.1 Å². The first-order valence-corrected chi connectivity index (χ1v) is 9.79. The molecule has 1 heterocycles. The van der Waals surface area contributed by atoms with Gasteiger partial charge in [0.1, 0.15) is 0 Å². The Hall–Kier alpha value is -1.66. The largest absolute Gasteiger partial charge is 0.357 e. The molecule has 2 N–H and O–H groups in total. The average molecular weight is 506 g/mol. The predicted molar refractivity (Wildman–Crippen MR) is 118 cm³/mol. The molecular weight excluding hydrogens is 479 g/mol. The highest BCUT2D eigenvalue weighted by atomic mass is 127. The number of hydrogen-bond acceptors (Lipinski definition) is 4. The summed E-state index contributed by atoms with van der Waals surface area (Å²) in [7, 11) is 1.52. The lowest BCUT2D eigenvalue weighted by molar-refractivity contribution is 0.520. The van der Waals surface area contributed by atoms with Gasteiger partial charge in [0.05, 0.1) is 23.7 Å². The van der Waals surface area contributed by atoms with Crippen molar-refractivity contribution in [3.63, 3.8) is 0 Å². The highest BCUT2D eigenvalue weighted by Crippen LogP contribution is 2.14. The van der Waals surface area contributed by atoms with E-state index >= 15 is 0 Å². The minimum atomic E-state index is -3.41. The Bertz CT molecular complexity index is 847. The second-order valence-electron chi connectivity index (χ2n) is 5.93. The van der Waals surface area contributed by atoms with E-state index in [9.17, 15) is 8.42 Å². The summed E-state index contributed by atoms with van der Waals surface area (Å²) >= 11 is 0. The summed E-state index contributed by atoms with van der Waals surface area (Å²) in [5.41, 5.74) is 1.98. The molecule has 0 saturated carbocycles. The highest BCUT2D eigenvalue weighted by Gasteiger charge is 2.16. The van der Waals surface area contributed by atoms with Crippen molar-refractivity contribution in [1.29, 1.82) is 0 Å². The number of sulfonamides is 1. The van der Waals surface area contributed by atoms with Crippen LogP contribution in [0.2, 0.25) is 0 Å². The molecule has 1 aromatic heterocycles. The number of nitrogens with one attached hydrogen (secondary N) is 2. The molecule has 0 bridgehead atoms. The minimum Gasteiger partial charge on any atom is -0.357 e. The maximum absolute atomic E-state index is 12.1. The summed E-state index contributed by atoms with van der Waals surface area (Å²) in [5.74, 6) is 0.693. The maximum Gasteiger partial charge on any atom is 0.242 e. The number of hydrogen-bond donors (Lipinski definition) is 2. The first-order valence-electron chi connectivity index (χ1n) is 8.35. The first kappa shape index (κ1) is 23.4. The third kappa shape index (κ3) is 6.47. The third-order valence-electron chi connectivity index (χ3n) is 3.83. The molecular formula is C17H27IN6O2S. The van der Waals surface area contributed by atoms with E-state index in [2.05, 4.69) is 20.7 Å². The third-order valence-corrected chi connectivity index (χ3v) is 5.65. The van der Waals surface area contributed by atoms with Gasteiger partial charge >= 0.3 is 0 Å². The SMILES string of the molecule is CCNC(=NCc1ccc(S(=O)(=O)N(C)C)cc1)NCc1ccnn1C.I. The molecule has 8 nitrogen and oxygen atoms in total. The van der Waals surface area contributed by atoms with Gasteiger partial charge in [0.15, 0.2) is 5.96 Å². The van der Waals surface area contributed by atoms with E-state index in [1.54, 1.807) is 35.1 Å². The van der Waals surface area contributed by atoms with Gasteiger partial charge in [-0.3, -0.25) is 4.68 Å². The molecule has 0 amide bonds. The molecule has 27 heavy (non-hydrogen) atoms. The van der Waals surface area contributed by atoms with E-state index in [-0.39, 0.29) is 28.9 Å². The summed E-state index contributed by atoms with van der Waals surface area (Å²) in [6.07, 6.45) is 1.75. The van der Waals surface area contributed by atoms with Crippen LogP contribution >= 0.6 is 24.0 Å². The van der Waals surface area contributed by atoms with Crippen molar-refractivity contribution in [2.24, 2.45) is 12.0 Å². The molecule has 0 aliphatic rings. The summed E-state index contributed by atoms with van der Waals surface area (Å²) < 4.78 is 27.2. The molecule has 0 unspecified atom stereocenters. The molecule has 1 aromatic carbocycles. The Kier molecular flexibility index (Phi) is 9.19. The number of guanidine groups is 1. The number of halogens is 1. The Labute approximate surface area is 178 Å². The van der Waals surface area contributed by atoms with Crippen LogP contribution in [0.1, 0.15) is 18.2 Å². The number of rotatable bonds is 7. The second-order valence-corrected chi connectivity index (χ2v) is 8.08. The molecule has 10 heteroatoms. The average Bonchev–Trinajstić information content (AvgIpc) is 3.02. The summed E-state index contributed by atoms with van der Waals surface area (Å²) in [5, 5.41) is 10.6. The molecule has 150 valence electrons. The first-order chi connectivity index (χ1) is 12.3. The molecule has 0 aliphatic carbocycles.